The highest BCUT2D eigenvalue weighted by Gasteiger charge is 2.28. The molecule has 167 valence electrons. The molecule has 0 unspecified atom stereocenters. The van der Waals surface area contributed by atoms with Crippen LogP contribution >= 0.6 is 0 Å². The Kier molecular flexibility index (Phi) is 13.9. The van der Waals surface area contributed by atoms with E-state index in [1.807, 2.05) is 27.7 Å². The van der Waals surface area contributed by atoms with Crippen molar-refractivity contribution < 1.29 is 19.2 Å². The Morgan fingerprint density at radius 2 is 1.38 bits per heavy atom. The van der Waals surface area contributed by atoms with Gasteiger partial charge in [-0.05, 0) is 44.1 Å². The van der Waals surface area contributed by atoms with Crippen molar-refractivity contribution in [3.8, 4) is 0 Å². The van der Waals surface area contributed by atoms with Crippen molar-refractivity contribution in [3.05, 3.63) is 0 Å². The lowest BCUT2D eigenvalue weighted by Crippen LogP contribution is -2.56. The molecule has 0 aromatic carbocycles. The molecule has 3 atom stereocenters. The van der Waals surface area contributed by atoms with Crippen LogP contribution in [-0.2, 0) is 19.2 Å². The number of rotatable bonds is 15. The Labute approximate surface area is 174 Å². The Morgan fingerprint density at radius 3 is 1.86 bits per heavy atom. The topological polar surface area (TPSA) is 156 Å². The molecule has 0 aliphatic rings. The van der Waals surface area contributed by atoms with E-state index in [0.717, 1.165) is 12.8 Å². The monoisotopic (exact) mass is 412 g/mol. The summed E-state index contributed by atoms with van der Waals surface area (Å²) in [5, 5.41) is 7.84. The summed E-state index contributed by atoms with van der Waals surface area (Å²) in [4.78, 5) is 47.9. The molecule has 0 bridgehead atoms. The van der Waals surface area contributed by atoms with Crippen molar-refractivity contribution in [2.75, 3.05) is 13.1 Å². The standard InChI is InChI=1S/C20H38N5O4/c1-13(2)11-16(19(28)23-9-10-26)25-20(29)17(12-14(3)4)24-18(27)15(22)7-5-6-8-21/h13-17H,5-9,11-12,21-22H2,1-4H3,(H,23,28)(H,24,27)(H,25,29)/t15-,16-,17-/m0/s1. The molecule has 1 radical (unpaired) electrons. The van der Waals surface area contributed by atoms with Gasteiger partial charge in [0.05, 0.1) is 12.6 Å². The van der Waals surface area contributed by atoms with E-state index in [1.54, 1.807) is 6.29 Å². The fourth-order valence-electron chi connectivity index (χ4n) is 2.84. The second kappa shape index (κ2) is 14.9. The summed E-state index contributed by atoms with van der Waals surface area (Å²) in [6, 6.07) is -2.33. The molecule has 0 aromatic heterocycles. The third-order valence-electron chi connectivity index (χ3n) is 4.32. The SMILES string of the molecule is CC(C)C[C@H](NC(=O)[C@H](CC(C)C)NC(=O)[C@@H](N)CCCCN)C(=O)NC[C]=O. The average Bonchev–Trinajstić information content (AvgIpc) is 2.64. The van der Waals surface area contributed by atoms with Gasteiger partial charge in [-0.3, -0.25) is 19.2 Å². The zero-order valence-electron chi connectivity index (χ0n) is 18.1. The molecule has 0 fully saturated rings. The minimum Gasteiger partial charge on any atom is -0.347 e. The number of carbonyl (C=O) groups is 3. The lowest BCUT2D eigenvalue weighted by atomic mass is 9.99. The number of nitrogens with two attached hydrogens (primary N) is 2. The highest BCUT2D eigenvalue weighted by Crippen LogP contribution is 2.09. The van der Waals surface area contributed by atoms with Crippen LogP contribution in [0.4, 0.5) is 0 Å². The van der Waals surface area contributed by atoms with Crippen molar-refractivity contribution >= 4 is 24.0 Å². The molecular weight excluding hydrogens is 374 g/mol. The van der Waals surface area contributed by atoms with Gasteiger partial charge in [-0.15, -0.1) is 0 Å². The molecule has 9 heteroatoms. The molecule has 0 saturated heterocycles. The molecule has 29 heavy (non-hydrogen) atoms. The lowest BCUT2D eigenvalue weighted by Gasteiger charge is -2.25. The smallest absolute Gasteiger partial charge is 0.243 e. The first-order valence-corrected chi connectivity index (χ1v) is 10.3. The van der Waals surface area contributed by atoms with Gasteiger partial charge in [0.1, 0.15) is 12.1 Å². The first-order valence-electron chi connectivity index (χ1n) is 10.3. The van der Waals surface area contributed by atoms with Gasteiger partial charge < -0.3 is 27.4 Å². The maximum Gasteiger partial charge on any atom is 0.243 e. The quantitative estimate of drug-likeness (QED) is 0.233. The van der Waals surface area contributed by atoms with Crippen molar-refractivity contribution in [1.29, 1.82) is 0 Å². The third kappa shape index (κ3) is 12.2. The van der Waals surface area contributed by atoms with E-state index in [9.17, 15) is 19.2 Å². The number of amides is 3. The second-order valence-corrected chi connectivity index (χ2v) is 8.13. The van der Waals surface area contributed by atoms with Gasteiger partial charge in [0, 0.05) is 0 Å². The van der Waals surface area contributed by atoms with Crippen LogP contribution in [0.15, 0.2) is 0 Å². The summed E-state index contributed by atoms with van der Waals surface area (Å²) < 4.78 is 0. The van der Waals surface area contributed by atoms with Crippen LogP contribution in [0.2, 0.25) is 0 Å². The van der Waals surface area contributed by atoms with E-state index in [2.05, 4.69) is 16.0 Å². The number of carbonyl (C=O) groups excluding carboxylic acids is 4. The van der Waals surface area contributed by atoms with E-state index in [0.29, 0.717) is 25.8 Å². The molecular formula is C20H38N5O4. The molecule has 0 aromatic rings. The number of hydrogen-bond acceptors (Lipinski definition) is 6. The summed E-state index contributed by atoms with van der Waals surface area (Å²) in [7, 11) is 0. The predicted octanol–water partition coefficient (Wildman–Crippen LogP) is -0.270. The van der Waals surface area contributed by atoms with E-state index >= 15 is 0 Å². The zero-order chi connectivity index (χ0) is 22.4. The van der Waals surface area contributed by atoms with Gasteiger partial charge in [0.25, 0.3) is 0 Å². The van der Waals surface area contributed by atoms with Crippen molar-refractivity contribution in [3.63, 3.8) is 0 Å². The maximum atomic E-state index is 12.8. The molecule has 0 spiro atoms. The minimum absolute atomic E-state index is 0.139. The molecule has 0 aliphatic heterocycles. The molecule has 9 nitrogen and oxygen atoms in total. The second-order valence-electron chi connectivity index (χ2n) is 8.13. The molecule has 0 saturated carbocycles. The van der Waals surface area contributed by atoms with Gasteiger partial charge in [-0.2, -0.15) is 0 Å². The summed E-state index contributed by atoms with van der Waals surface area (Å²) in [5.74, 6) is -1.02. The maximum absolute atomic E-state index is 12.8. The van der Waals surface area contributed by atoms with E-state index < -0.39 is 35.8 Å². The van der Waals surface area contributed by atoms with Crippen LogP contribution in [0.3, 0.4) is 0 Å². The van der Waals surface area contributed by atoms with Gasteiger partial charge in [0.2, 0.25) is 24.0 Å². The van der Waals surface area contributed by atoms with Crippen molar-refractivity contribution in [2.24, 2.45) is 23.3 Å². The first kappa shape index (κ1) is 27.0. The van der Waals surface area contributed by atoms with Crippen LogP contribution in [0.5, 0.6) is 0 Å². The Bertz CT molecular complexity index is 525. The Hall–Kier alpha value is -2.00. The van der Waals surface area contributed by atoms with E-state index in [1.165, 1.54) is 0 Å². The van der Waals surface area contributed by atoms with Crippen LogP contribution in [-0.4, -0.2) is 55.2 Å². The fourth-order valence-corrected chi connectivity index (χ4v) is 2.84. The lowest BCUT2D eigenvalue weighted by molar-refractivity contribution is -0.133. The van der Waals surface area contributed by atoms with Crippen LogP contribution < -0.4 is 27.4 Å². The summed E-state index contributed by atoms with van der Waals surface area (Å²) in [5.41, 5.74) is 11.4. The predicted molar refractivity (Wildman–Crippen MR) is 112 cm³/mol. The zero-order valence-corrected chi connectivity index (χ0v) is 18.1. The number of hydrogen-bond donors (Lipinski definition) is 5. The van der Waals surface area contributed by atoms with Crippen LogP contribution in [0.25, 0.3) is 0 Å². The highest BCUT2D eigenvalue weighted by molar-refractivity contribution is 5.93. The van der Waals surface area contributed by atoms with Crippen LogP contribution in [0.1, 0.15) is 59.8 Å². The van der Waals surface area contributed by atoms with E-state index in [4.69, 9.17) is 11.5 Å². The summed E-state index contributed by atoms with van der Waals surface area (Å²) in [6.07, 6.45) is 4.40. The molecule has 7 N–H and O–H groups in total. The average molecular weight is 413 g/mol. The largest absolute Gasteiger partial charge is 0.347 e. The Balaban J connectivity index is 5.11. The fraction of sp³-hybridized carbons (Fsp3) is 0.800. The van der Waals surface area contributed by atoms with Gasteiger partial charge in [0.15, 0.2) is 0 Å². The van der Waals surface area contributed by atoms with Crippen LogP contribution in [0, 0.1) is 11.8 Å². The highest BCUT2D eigenvalue weighted by atomic mass is 16.2. The summed E-state index contributed by atoms with van der Waals surface area (Å²) in [6.45, 7) is 8.01. The van der Waals surface area contributed by atoms with Gasteiger partial charge >= 0.3 is 0 Å². The van der Waals surface area contributed by atoms with Gasteiger partial charge in [-0.1, -0.05) is 34.1 Å². The van der Waals surface area contributed by atoms with Crippen molar-refractivity contribution in [2.45, 2.75) is 77.9 Å². The molecule has 3 amide bonds. The van der Waals surface area contributed by atoms with E-state index in [-0.39, 0.29) is 18.4 Å². The van der Waals surface area contributed by atoms with Crippen molar-refractivity contribution in [1.82, 2.24) is 16.0 Å². The molecule has 0 rings (SSSR count). The first-order chi connectivity index (χ1) is 13.6. The summed E-state index contributed by atoms with van der Waals surface area (Å²) >= 11 is 0. The minimum atomic E-state index is -0.805. The Morgan fingerprint density at radius 1 is 0.862 bits per heavy atom. The third-order valence-corrected chi connectivity index (χ3v) is 4.32. The molecule has 0 heterocycles. The molecule has 0 aliphatic carbocycles. The van der Waals surface area contributed by atoms with Gasteiger partial charge in [-0.25, -0.2) is 0 Å². The number of unbranched alkanes of at least 4 members (excludes halogenated alkanes) is 1. The normalized spacial score (nSPS) is 14.2. The number of nitrogens with one attached hydrogen (secondary N) is 3.